The Bertz CT molecular complexity index is 272. The highest BCUT2D eigenvalue weighted by Gasteiger charge is 2.21. The second-order valence-electron chi connectivity index (χ2n) is 2.64. The molecule has 2 heterocycles. The van der Waals surface area contributed by atoms with Crippen molar-refractivity contribution < 1.29 is 4.52 Å². The molecule has 0 amide bonds. The largest absolute Gasteiger partial charge is 0.341 e. The molecule has 1 fully saturated rings. The Morgan fingerprint density at radius 2 is 2.46 bits per heavy atom. The van der Waals surface area contributed by atoms with Crippen LogP contribution in [0.2, 0.25) is 0 Å². The fraction of sp³-hybridized carbons (Fsp3) is 0.714. The topological polar surface area (TPSA) is 51.0 Å². The lowest BCUT2D eigenvalue weighted by Gasteiger charge is -2.16. The molecule has 2 rings (SSSR count). The number of thioether (sulfide) groups is 2. The highest BCUT2D eigenvalue weighted by atomic mass is 32.2. The third-order valence-electron chi connectivity index (χ3n) is 1.76. The highest BCUT2D eigenvalue weighted by molar-refractivity contribution is 8.06. The number of rotatable bonds is 2. The van der Waals surface area contributed by atoms with Crippen LogP contribution in [0.4, 0.5) is 6.01 Å². The van der Waals surface area contributed by atoms with Gasteiger partial charge in [0.15, 0.2) is 5.82 Å². The lowest BCUT2D eigenvalue weighted by Crippen LogP contribution is -2.08. The number of anilines is 1. The van der Waals surface area contributed by atoms with Gasteiger partial charge in [0.1, 0.15) is 0 Å². The molecule has 1 aromatic heterocycles. The van der Waals surface area contributed by atoms with Gasteiger partial charge in [0.05, 0.1) is 5.25 Å². The Labute approximate surface area is 85.2 Å². The van der Waals surface area contributed by atoms with E-state index in [-0.39, 0.29) is 0 Å². The van der Waals surface area contributed by atoms with Gasteiger partial charge < -0.3 is 9.84 Å². The Morgan fingerprint density at radius 3 is 3.08 bits per heavy atom. The lowest BCUT2D eigenvalue weighted by molar-refractivity contribution is 0.424. The normalized spacial score (nSPS) is 23.0. The molecule has 1 atom stereocenters. The van der Waals surface area contributed by atoms with E-state index in [9.17, 15) is 0 Å². The molecule has 1 aliphatic rings. The van der Waals surface area contributed by atoms with Crippen molar-refractivity contribution in [2.45, 2.75) is 5.25 Å². The van der Waals surface area contributed by atoms with Gasteiger partial charge in [-0.3, -0.25) is 0 Å². The summed E-state index contributed by atoms with van der Waals surface area (Å²) < 4.78 is 4.97. The van der Waals surface area contributed by atoms with E-state index < -0.39 is 0 Å². The van der Waals surface area contributed by atoms with Crippen molar-refractivity contribution in [3.05, 3.63) is 5.82 Å². The van der Waals surface area contributed by atoms with Gasteiger partial charge in [0.2, 0.25) is 0 Å². The van der Waals surface area contributed by atoms with E-state index in [1.165, 1.54) is 11.5 Å². The van der Waals surface area contributed by atoms with Crippen LogP contribution >= 0.6 is 23.5 Å². The molecule has 1 aromatic rings. The number of aromatic nitrogens is 2. The molecule has 1 aliphatic heterocycles. The summed E-state index contributed by atoms with van der Waals surface area (Å²) in [5.74, 6) is 4.32. The van der Waals surface area contributed by atoms with Crippen molar-refractivity contribution in [2.75, 3.05) is 29.6 Å². The predicted octanol–water partition coefficient (Wildman–Crippen LogP) is 1.63. The summed E-state index contributed by atoms with van der Waals surface area (Å²) in [5.41, 5.74) is 0. The zero-order valence-corrected chi connectivity index (χ0v) is 8.95. The van der Waals surface area contributed by atoms with Gasteiger partial charge in [-0.05, 0) is 0 Å². The van der Waals surface area contributed by atoms with E-state index in [0.29, 0.717) is 11.3 Å². The Balaban J connectivity index is 2.05. The van der Waals surface area contributed by atoms with Crippen LogP contribution in [-0.4, -0.2) is 34.4 Å². The van der Waals surface area contributed by atoms with Gasteiger partial charge in [-0.15, -0.1) is 11.8 Å². The molecule has 0 spiro atoms. The number of nitrogens with zero attached hydrogens (tertiary/aromatic N) is 2. The van der Waals surface area contributed by atoms with Crippen molar-refractivity contribution >= 4 is 29.5 Å². The molecule has 1 unspecified atom stereocenters. The van der Waals surface area contributed by atoms with Crippen molar-refractivity contribution in [2.24, 2.45) is 0 Å². The van der Waals surface area contributed by atoms with Gasteiger partial charge >= 0.3 is 6.01 Å². The van der Waals surface area contributed by atoms with Gasteiger partial charge in [0.25, 0.3) is 0 Å². The van der Waals surface area contributed by atoms with Crippen LogP contribution < -0.4 is 5.32 Å². The zero-order chi connectivity index (χ0) is 9.10. The van der Waals surface area contributed by atoms with E-state index in [1.54, 1.807) is 7.05 Å². The maximum Gasteiger partial charge on any atom is 0.321 e. The average Bonchev–Trinajstić information content (AvgIpc) is 2.67. The summed E-state index contributed by atoms with van der Waals surface area (Å²) in [7, 11) is 1.78. The minimum atomic E-state index is 0.407. The van der Waals surface area contributed by atoms with Crippen molar-refractivity contribution in [1.29, 1.82) is 0 Å². The van der Waals surface area contributed by atoms with Crippen molar-refractivity contribution in [1.82, 2.24) is 10.1 Å². The molecule has 0 saturated carbocycles. The standard InChI is InChI=1S/C7H11N3OS2/c1-8-7-9-6(10-11-7)5-4-12-2-3-13-5/h5H,2-4H2,1H3,(H,8,9,10). The van der Waals surface area contributed by atoms with E-state index in [1.807, 2.05) is 23.5 Å². The maximum absolute atomic E-state index is 4.97. The van der Waals surface area contributed by atoms with Gasteiger partial charge in [-0.1, -0.05) is 5.16 Å². The van der Waals surface area contributed by atoms with E-state index >= 15 is 0 Å². The quantitative estimate of drug-likeness (QED) is 0.812. The predicted molar refractivity (Wildman–Crippen MR) is 56.4 cm³/mol. The highest BCUT2D eigenvalue weighted by Crippen LogP contribution is 2.35. The Morgan fingerprint density at radius 1 is 1.54 bits per heavy atom. The molecule has 1 N–H and O–H groups in total. The molecular weight excluding hydrogens is 206 g/mol. The van der Waals surface area contributed by atoms with Gasteiger partial charge in [0, 0.05) is 24.3 Å². The molecule has 13 heavy (non-hydrogen) atoms. The molecule has 0 aliphatic carbocycles. The van der Waals surface area contributed by atoms with Crippen molar-refractivity contribution in [3.63, 3.8) is 0 Å². The van der Waals surface area contributed by atoms with Crippen LogP contribution in [0.1, 0.15) is 11.1 Å². The smallest absolute Gasteiger partial charge is 0.321 e. The van der Waals surface area contributed by atoms with Crippen LogP contribution in [0, 0.1) is 0 Å². The van der Waals surface area contributed by atoms with E-state index in [4.69, 9.17) is 4.52 Å². The van der Waals surface area contributed by atoms with Crippen molar-refractivity contribution in [3.8, 4) is 0 Å². The molecule has 1 saturated heterocycles. The molecule has 6 heteroatoms. The molecule has 72 valence electrons. The van der Waals surface area contributed by atoms with Gasteiger partial charge in [-0.25, -0.2) is 0 Å². The van der Waals surface area contributed by atoms with E-state index in [2.05, 4.69) is 15.5 Å². The lowest BCUT2D eigenvalue weighted by atomic mass is 10.4. The number of hydrogen-bond acceptors (Lipinski definition) is 6. The Hall–Kier alpha value is -0.360. The van der Waals surface area contributed by atoms with Gasteiger partial charge in [-0.2, -0.15) is 16.7 Å². The molecule has 0 bridgehead atoms. The first-order valence-electron chi connectivity index (χ1n) is 4.11. The van der Waals surface area contributed by atoms with E-state index in [0.717, 1.165) is 11.6 Å². The zero-order valence-electron chi connectivity index (χ0n) is 7.32. The minimum absolute atomic E-state index is 0.407. The second-order valence-corrected chi connectivity index (χ2v) is 5.10. The Kier molecular flexibility index (Phi) is 3.00. The van der Waals surface area contributed by atoms with Crippen LogP contribution in [0.25, 0.3) is 0 Å². The monoisotopic (exact) mass is 217 g/mol. The molecular formula is C7H11N3OS2. The SMILES string of the molecule is CNc1nc(C2CSCCS2)no1. The fourth-order valence-electron chi connectivity index (χ4n) is 1.10. The van der Waals surface area contributed by atoms with Crippen LogP contribution in [0.5, 0.6) is 0 Å². The van der Waals surface area contributed by atoms with Crippen LogP contribution in [0.15, 0.2) is 4.52 Å². The third-order valence-corrected chi connectivity index (χ3v) is 4.51. The first-order valence-corrected chi connectivity index (χ1v) is 6.31. The summed E-state index contributed by atoms with van der Waals surface area (Å²) in [5, 5.41) is 7.17. The summed E-state index contributed by atoms with van der Waals surface area (Å²) in [6, 6.07) is 0.506. The number of hydrogen-bond donors (Lipinski definition) is 1. The number of nitrogens with one attached hydrogen (secondary N) is 1. The summed E-state index contributed by atoms with van der Waals surface area (Å²) in [6.07, 6.45) is 0. The summed E-state index contributed by atoms with van der Waals surface area (Å²) in [4.78, 5) is 4.23. The fourth-order valence-corrected chi connectivity index (χ4v) is 3.69. The average molecular weight is 217 g/mol. The minimum Gasteiger partial charge on any atom is -0.341 e. The van der Waals surface area contributed by atoms with Crippen LogP contribution in [0.3, 0.4) is 0 Å². The third kappa shape index (κ3) is 2.11. The molecule has 0 aromatic carbocycles. The summed E-state index contributed by atoms with van der Waals surface area (Å²) in [6.45, 7) is 0. The first kappa shape index (κ1) is 9.21. The molecule has 4 nitrogen and oxygen atoms in total. The maximum atomic E-state index is 4.97. The second kappa shape index (κ2) is 4.23. The first-order chi connectivity index (χ1) is 6.40. The van der Waals surface area contributed by atoms with Crippen LogP contribution in [-0.2, 0) is 0 Å². The summed E-state index contributed by atoms with van der Waals surface area (Å²) >= 11 is 3.86. The molecule has 0 radical (unpaired) electrons.